The Bertz CT molecular complexity index is 681. The average Bonchev–Trinajstić information content (AvgIpc) is 2.59. The van der Waals surface area contributed by atoms with E-state index >= 15 is 0 Å². The SMILES string of the molecule is COc1ccc(C2C(CNc3nc(C)cc(C)n3)CCCN2C)cc1. The summed E-state index contributed by atoms with van der Waals surface area (Å²) >= 11 is 0. The number of rotatable bonds is 5. The zero-order chi connectivity index (χ0) is 17.8. The van der Waals surface area contributed by atoms with Crippen molar-refractivity contribution in [1.29, 1.82) is 0 Å². The number of benzene rings is 1. The summed E-state index contributed by atoms with van der Waals surface area (Å²) in [5, 5.41) is 3.47. The van der Waals surface area contributed by atoms with Gasteiger partial charge in [0.2, 0.25) is 5.95 Å². The molecule has 0 bridgehead atoms. The summed E-state index contributed by atoms with van der Waals surface area (Å²) in [6.07, 6.45) is 2.43. The number of nitrogens with one attached hydrogen (secondary N) is 1. The Morgan fingerprint density at radius 2 is 1.84 bits per heavy atom. The number of nitrogens with zero attached hydrogens (tertiary/aromatic N) is 3. The molecule has 0 spiro atoms. The molecular formula is C20H28N4O. The maximum absolute atomic E-state index is 5.30. The topological polar surface area (TPSA) is 50.3 Å². The molecule has 1 aromatic carbocycles. The number of hydrogen-bond donors (Lipinski definition) is 1. The predicted molar refractivity (Wildman–Crippen MR) is 101 cm³/mol. The van der Waals surface area contributed by atoms with Crippen LogP contribution in [0.5, 0.6) is 5.75 Å². The molecule has 1 saturated heterocycles. The van der Waals surface area contributed by atoms with Gasteiger partial charge in [0.1, 0.15) is 5.75 Å². The average molecular weight is 340 g/mol. The highest BCUT2D eigenvalue weighted by Gasteiger charge is 2.30. The van der Waals surface area contributed by atoms with Crippen LogP contribution >= 0.6 is 0 Å². The minimum atomic E-state index is 0.401. The Kier molecular flexibility index (Phi) is 5.53. The van der Waals surface area contributed by atoms with E-state index < -0.39 is 0 Å². The lowest BCUT2D eigenvalue weighted by Crippen LogP contribution is -2.39. The molecule has 1 aliphatic rings. The van der Waals surface area contributed by atoms with Crippen LogP contribution in [0.15, 0.2) is 30.3 Å². The largest absolute Gasteiger partial charge is 0.497 e. The van der Waals surface area contributed by atoms with Gasteiger partial charge >= 0.3 is 0 Å². The van der Waals surface area contributed by atoms with E-state index in [1.54, 1.807) is 7.11 Å². The van der Waals surface area contributed by atoms with Crippen LogP contribution in [0, 0.1) is 19.8 Å². The second kappa shape index (κ2) is 7.83. The van der Waals surface area contributed by atoms with Crippen molar-refractivity contribution in [3.63, 3.8) is 0 Å². The minimum absolute atomic E-state index is 0.401. The molecule has 2 atom stereocenters. The summed E-state index contributed by atoms with van der Waals surface area (Å²) in [6.45, 7) is 6.03. The van der Waals surface area contributed by atoms with Crippen LogP contribution < -0.4 is 10.1 Å². The van der Waals surface area contributed by atoms with Crippen molar-refractivity contribution in [3.05, 3.63) is 47.3 Å². The lowest BCUT2D eigenvalue weighted by atomic mass is 9.85. The first-order valence-corrected chi connectivity index (χ1v) is 8.97. The fourth-order valence-corrected chi connectivity index (χ4v) is 3.83. The summed E-state index contributed by atoms with van der Waals surface area (Å²) in [5.41, 5.74) is 3.35. The van der Waals surface area contributed by atoms with Crippen LogP contribution in [-0.4, -0.2) is 42.1 Å². The highest BCUT2D eigenvalue weighted by atomic mass is 16.5. The van der Waals surface area contributed by atoms with Gasteiger partial charge in [0, 0.05) is 24.0 Å². The van der Waals surface area contributed by atoms with Crippen LogP contribution in [0.4, 0.5) is 5.95 Å². The van der Waals surface area contributed by atoms with E-state index in [0.717, 1.165) is 36.2 Å². The van der Waals surface area contributed by atoms with Crippen LogP contribution in [0.2, 0.25) is 0 Å². The fraction of sp³-hybridized carbons (Fsp3) is 0.500. The lowest BCUT2D eigenvalue weighted by molar-refractivity contribution is 0.127. The Labute approximate surface area is 150 Å². The van der Waals surface area contributed by atoms with Gasteiger partial charge in [0.25, 0.3) is 0 Å². The molecule has 0 saturated carbocycles. The van der Waals surface area contributed by atoms with E-state index in [9.17, 15) is 0 Å². The summed E-state index contributed by atoms with van der Waals surface area (Å²) in [7, 11) is 3.92. The smallest absolute Gasteiger partial charge is 0.223 e. The fourth-order valence-electron chi connectivity index (χ4n) is 3.83. The molecule has 134 valence electrons. The van der Waals surface area contributed by atoms with Crippen molar-refractivity contribution in [1.82, 2.24) is 14.9 Å². The maximum atomic E-state index is 5.30. The van der Waals surface area contributed by atoms with Crippen molar-refractivity contribution in [2.75, 3.05) is 32.6 Å². The Balaban J connectivity index is 1.74. The van der Waals surface area contributed by atoms with E-state index in [1.165, 1.54) is 18.4 Å². The van der Waals surface area contributed by atoms with Crippen LogP contribution in [0.3, 0.4) is 0 Å². The van der Waals surface area contributed by atoms with Gasteiger partial charge in [-0.2, -0.15) is 0 Å². The molecule has 1 N–H and O–H groups in total. The second-order valence-electron chi connectivity index (χ2n) is 6.96. The second-order valence-corrected chi connectivity index (χ2v) is 6.96. The third-order valence-electron chi connectivity index (χ3n) is 4.97. The van der Waals surface area contributed by atoms with Crippen molar-refractivity contribution in [3.8, 4) is 5.75 Å². The van der Waals surface area contributed by atoms with Crippen molar-refractivity contribution in [2.24, 2.45) is 5.92 Å². The molecule has 3 rings (SSSR count). The van der Waals surface area contributed by atoms with Gasteiger partial charge in [-0.05, 0) is 70.0 Å². The highest BCUT2D eigenvalue weighted by Crippen LogP contribution is 2.35. The molecule has 2 heterocycles. The third kappa shape index (κ3) is 4.28. The summed E-state index contributed by atoms with van der Waals surface area (Å²) in [5.74, 6) is 2.16. The van der Waals surface area contributed by atoms with E-state index in [0.29, 0.717) is 12.0 Å². The molecule has 1 aliphatic heterocycles. The van der Waals surface area contributed by atoms with Gasteiger partial charge in [-0.1, -0.05) is 12.1 Å². The van der Waals surface area contributed by atoms with Gasteiger partial charge in [-0.25, -0.2) is 9.97 Å². The first kappa shape index (κ1) is 17.7. The summed E-state index contributed by atoms with van der Waals surface area (Å²) in [6, 6.07) is 10.9. The van der Waals surface area contributed by atoms with Gasteiger partial charge < -0.3 is 10.1 Å². The van der Waals surface area contributed by atoms with Gasteiger partial charge in [0.15, 0.2) is 0 Å². The van der Waals surface area contributed by atoms with E-state index in [4.69, 9.17) is 4.74 Å². The molecule has 1 aromatic heterocycles. The highest BCUT2D eigenvalue weighted by molar-refractivity contribution is 5.31. The number of aryl methyl sites for hydroxylation is 2. The van der Waals surface area contributed by atoms with Gasteiger partial charge in [-0.15, -0.1) is 0 Å². The molecule has 5 heteroatoms. The minimum Gasteiger partial charge on any atom is -0.497 e. The molecule has 2 aromatic rings. The Morgan fingerprint density at radius 1 is 1.16 bits per heavy atom. The molecule has 1 fully saturated rings. The van der Waals surface area contributed by atoms with Gasteiger partial charge in [-0.3, -0.25) is 4.90 Å². The van der Waals surface area contributed by atoms with Gasteiger partial charge in [0.05, 0.1) is 7.11 Å². The number of methoxy groups -OCH3 is 1. The normalized spacial score (nSPS) is 21.1. The van der Waals surface area contributed by atoms with Crippen molar-refractivity contribution < 1.29 is 4.74 Å². The first-order valence-electron chi connectivity index (χ1n) is 8.97. The third-order valence-corrected chi connectivity index (χ3v) is 4.97. The zero-order valence-electron chi connectivity index (χ0n) is 15.6. The number of aromatic nitrogens is 2. The summed E-state index contributed by atoms with van der Waals surface area (Å²) in [4.78, 5) is 11.5. The summed E-state index contributed by atoms with van der Waals surface area (Å²) < 4.78 is 5.30. The van der Waals surface area contributed by atoms with Crippen LogP contribution in [-0.2, 0) is 0 Å². The lowest BCUT2D eigenvalue weighted by Gasteiger charge is -2.39. The number of ether oxygens (including phenoxy) is 1. The molecular weight excluding hydrogens is 312 g/mol. The predicted octanol–water partition coefficient (Wildman–Crippen LogP) is 3.60. The monoisotopic (exact) mass is 340 g/mol. The Morgan fingerprint density at radius 3 is 2.48 bits per heavy atom. The molecule has 5 nitrogen and oxygen atoms in total. The van der Waals surface area contributed by atoms with Crippen LogP contribution in [0.25, 0.3) is 0 Å². The number of piperidine rings is 1. The van der Waals surface area contributed by atoms with Crippen molar-refractivity contribution in [2.45, 2.75) is 32.7 Å². The Hall–Kier alpha value is -2.14. The molecule has 2 unspecified atom stereocenters. The van der Waals surface area contributed by atoms with E-state index in [-0.39, 0.29) is 0 Å². The van der Waals surface area contributed by atoms with Crippen molar-refractivity contribution >= 4 is 5.95 Å². The van der Waals surface area contributed by atoms with E-state index in [2.05, 4.69) is 51.5 Å². The number of anilines is 1. The zero-order valence-corrected chi connectivity index (χ0v) is 15.6. The molecule has 25 heavy (non-hydrogen) atoms. The first-order chi connectivity index (χ1) is 12.1. The number of likely N-dealkylation sites (tertiary alicyclic amines) is 1. The standard InChI is InChI=1S/C20H28N4O/c1-14-12-15(2)23-20(22-14)21-13-17-6-5-11-24(3)19(17)16-7-9-18(25-4)10-8-16/h7-10,12,17,19H,5-6,11,13H2,1-4H3,(H,21,22,23). The van der Waals surface area contributed by atoms with Crippen LogP contribution in [0.1, 0.15) is 35.8 Å². The quantitative estimate of drug-likeness (QED) is 0.901. The molecule has 0 aliphatic carbocycles. The molecule has 0 radical (unpaired) electrons. The maximum Gasteiger partial charge on any atom is 0.223 e. The molecule has 0 amide bonds. The van der Waals surface area contributed by atoms with E-state index in [1.807, 2.05) is 19.9 Å². The number of hydrogen-bond acceptors (Lipinski definition) is 5.